The fourth-order valence-corrected chi connectivity index (χ4v) is 6.57. The second kappa shape index (κ2) is 4.93. The molecule has 5 aliphatic rings. The number of alkyl halides is 1. The van der Waals surface area contributed by atoms with E-state index >= 15 is 4.39 Å². The Kier molecular flexibility index (Phi) is 2.98. The summed E-state index contributed by atoms with van der Waals surface area (Å²) in [5.41, 5.74) is 0.742. The van der Waals surface area contributed by atoms with Crippen LogP contribution in [0.4, 0.5) is 4.39 Å². The number of likely N-dealkylation sites (tertiary alicyclic amines) is 1. The predicted octanol–water partition coefficient (Wildman–Crippen LogP) is 2.60. The lowest BCUT2D eigenvalue weighted by Gasteiger charge is -2.63. The van der Waals surface area contributed by atoms with Crippen molar-refractivity contribution in [1.82, 2.24) is 4.90 Å². The van der Waals surface area contributed by atoms with Crippen molar-refractivity contribution < 1.29 is 19.0 Å². The van der Waals surface area contributed by atoms with E-state index in [0.717, 1.165) is 37.4 Å². The van der Waals surface area contributed by atoms with Crippen LogP contribution in [0.15, 0.2) is 12.1 Å². The Labute approximate surface area is 153 Å². The molecule has 1 saturated heterocycles. The molecule has 2 saturated carbocycles. The quantitative estimate of drug-likeness (QED) is 0.901. The smallest absolute Gasteiger partial charge is 0.166 e. The highest BCUT2D eigenvalue weighted by molar-refractivity contribution is 5.62. The monoisotopic (exact) mass is 359 g/mol. The Bertz CT molecular complexity index is 781. The minimum Gasteiger partial charge on any atom is -0.493 e. The van der Waals surface area contributed by atoms with Crippen molar-refractivity contribution in [2.45, 2.75) is 67.9 Å². The van der Waals surface area contributed by atoms with Gasteiger partial charge in [0.2, 0.25) is 0 Å². The van der Waals surface area contributed by atoms with Gasteiger partial charge in [0.05, 0.1) is 18.1 Å². The number of piperidine rings is 1. The van der Waals surface area contributed by atoms with Crippen LogP contribution in [0.2, 0.25) is 0 Å². The lowest BCUT2D eigenvalue weighted by atomic mass is 9.49. The first-order chi connectivity index (χ1) is 12.6. The molecule has 2 bridgehead atoms. The number of halogens is 1. The van der Waals surface area contributed by atoms with Crippen molar-refractivity contribution >= 4 is 0 Å². The summed E-state index contributed by atoms with van der Waals surface area (Å²) in [6, 6.07) is 4.13. The zero-order valence-electron chi connectivity index (χ0n) is 15.2. The van der Waals surface area contributed by atoms with Gasteiger partial charge in [0.25, 0.3) is 0 Å². The van der Waals surface area contributed by atoms with Crippen LogP contribution in [-0.2, 0) is 11.8 Å². The van der Waals surface area contributed by atoms with Gasteiger partial charge in [-0.3, -0.25) is 4.90 Å². The van der Waals surface area contributed by atoms with Gasteiger partial charge in [0, 0.05) is 18.2 Å². The summed E-state index contributed by atoms with van der Waals surface area (Å²) in [5, 5.41) is 12.1. The van der Waals surface area contributed by atoms with Crippen LogP contribution in [0.1, 0.15) is 43.2 Å². The van der Waals surface area contributed by atoms with Crippen LogP contribution < -0.4 is 9.47 Å². The van der Waals surface area contributed by atoms with Gasteiger partial charge in [0.1, 0.15) is 12.3 Å². The van der Waals surface area contributed by atoms with Gasteiger partial charge in [0.15, 0.2) is 11.5 Å². The van der Waals surface area contributed by atoms with Gasteiger partial charge in [-0.05, 0) is 62.6 Å². The first-order valence-electron chi connectivity index (χ1n) is 10.1. The van der Waals surface area contributed by atoms with Crippen molar-refractivity contribution in [3.05, 3.63) is 23.3 Å². The molecule has 26 heavy (non-hydrogen) atoms. The zero-order valence-corrected chi connectivity index (χ0v) is 15.2. The average molecular weight is 359 g/mol. The summed E-state index contributed by atoms with van der Waals surface area (Å²) in [6.07, 6.45) is 3.49. The van der Waals surface area contributed by atoms with Crippen molar-refractivity contribution in [2.75, 3.05) is 20.2 Å². The third kappa shape index (κ3) is 1.68. The number of ether oxygens (including phenoxy) is 2. The van der Waals surface area contributed by atoms with Crippen LogP contribution in [0.25, 0.3) is 0 Å². The summed E-state index contributed by atoms with van der Waals surface area (Å²) in [5.74, 6) is 2.14. The summed E-state index contributed by atoms with van der Waals surface area (Å²) < 4.78 is 26.8. The minimum atomic E-state index is -1.03. The Morgan fingerprint density at radius 3 is 2.92 bits per heavy atom. The summed E-state index contributed by atoms with van der Waals surface area (Å²) in [6.45, 7) is 2.00. The normalized spacial score (nSPS) is 43.0. The van der Waals surface area contributed by atoms with Crippen LogP contribution in [0.3, 0.4) is 0 Å². The van der Waals surface area contributed by atoms with Crippen molar-refractivity contribution in [1.29, 1.82) is 0 Å². The number of benzene rings is 1. The molecule has 1 spiro atoms. The number of rotatable bonds is 3. The molecular formula is C21H26FNO3. The minimum absolute atomic E-state index is 0.0716. The molecule has 5 atom stereocenters. The molecule has 5 heteroatoms. The number of hydrogen-bond acceptors (Lipinski definition) is 4. The zero-order chi connectivity index (χ0) is 17.7. The highest BCUT2D eigenvalue weighted by Crippen LogP contribution is 2.65. The molecule has 4 nitrogen and oxygen atoms in total. The lowest BCUT2D eigenvalue weighted by Crippen LogP contribution is -2.76. The summed E-state index contributed by atoms with van der Waals surface area (Å²) in [7, 11) is 1.63. The molecule has 2 heterocycles. The van der Waals surface area contributed by atoms with E-state index in [0.29, 0.717) is 24.3 Å². The molecule has 1 N–H and O–H groups in total. The molecule has 0 amide bonds. The number of aliphatic hydroxyl groups is 1. The van der Waals surface area contributed by atoms with E-state index in [9.17, 15) is 5.11 Å². The van der Waals surface area contributed by atoms with Crippen molar-refractivity contribution in [3.63, 3.8) is 0 Å². The lowest BCUT2D eigenvalue weighted by molar-refractivity contribution is -0.199. The van der Waals surface area contributed by atoms with E-state index < -0.39 is 23.3 Å². The predicted molar refractivity (Wildman–Crippen MR) is 94.6 cm³/mol. The highest BCUT2D eigenvalue weighted by Gasteiger charge is 2.73. The molecule has 6 rings (SSSR count). The SMILES string of the molecule is COc1ccc2c3c1OC1[C@H](F)CCC4(O)C(C2)N(CC2CC2)CCC314. The molecule has 1 aromatic carbocycles. The molecule has 3 fully saturated rings. The first-order valence-corrected chi connectivity index (χ1v) is 10.1. The Hall–Kier alpha value is -1.33. The standard InChI is InChI=1S/C21H26FNO3/c1-25-15-5-4-13-10-16-21(24)7-6-14(22)19-20(21,17(13)18(15)26-19)8-9-23(16)11-12-2-3-12/h4-5,12,14,16,19,24H,2-3,6-11H2,1H3/t14-,16?,19?,20?,21?/m1/s1. The van der Waals surface area contributed by atoms with Gasteiger partial charge in [-0.15, -0.1) is 0 Å². The Morgan fingerprint density at radius 2 is 2.15 bits per heavy atom. The van der Waals surface area contributed by atoms with Crippen molar-refractivity contribution in [3.8, 4) is 11.5 Å². The third-order valence-corrected chi connectivity index (χ3v) is 7.89. The summed E-state index contributed by atoms with van der Waals surface area (Å²) in [4.78, 5) is 2.50. The molecule has 0 aromatic heterocycles. The van der Waals surface area contributed by atoms with Crippen LogP contribution in [0.5, 0.6) is 11.5 Å². The number of hydrogen-bond donors (Lipinski definition) is 1. The van der Waals surface area contributed by atoms with E-state index in [4.69, 9.17) is 9.47 Å². The van der Waals surface area contributed by atoms with Gasteiger partial charge in [-0.25, -0.2) is 4.39 Å². The van der Waals surface area contributed by atoms with Crippen LogP contribution in [0, 0.1) is 5.92 Å². The third-order valence-electron chi connectivity index (χ3n) is 7.89. The van der Waals surface area contributed by atoms with E-state index in [1.807, 2.05) is 6.07 Å². The van der Waals surface area contributed by atoms with Crippen LogP contribution in [-0.4, -0.2) is 54.1 Å². The van der Waals surface area contributed by atoms with E-state index in [1.54, 1.807) is 7.11 Å². The molecular weight excluding hydrogens is 333 g/mol. The molecule has 1 aromatic rings. The Balaban J connectivity index is 1.56. The fraction of sp³-hybridized carbons (Fsp3) is 0.714. The average Bonchev–Trinajstić information content (AvgIpc) is 3.37. The van der Waals surface area contributed by atoms with Gasteiger partial charge >= 0.3 is 0 Å². The molecule has 0 radical (unpaired) electrons. The van der Waals surface area contributed by atoms with Gasteiger partial charge < -0.3 is 14.6 Å². The highest BCUT2D eigenvalue weighted by atomic mass is 19.1. The Morgan fingerprint density at radius 1 is 1.31 bits per heavy atom. The second-order valence-electron chi connectivity index (χ2n) is 9.03. The van der Waals surface area contributed by atoms with E-state index in [-0.39, 0.29) is 6.04 Å². The second-order valence-corrected chi connectivity index (χ2v) is 9.03. The topological polar surface area (TPSA) is 41.9 Å². The largest absolute Gasteiger partial charge is 0.493 e. The first kappa shape index (κ1) is 15.7. The molecule has 2 aliphatic heterocycles. The van der Waals surface area contributed by atoms with E-state index in [1.165, 1.54) is 18.4 Å². The van der Waals surface area contributed by atoms with Crippen molar-refractivity contribution in [2.24, 2.45) is 5.92 Å². The maximum Gasteiger partial charge on any atom is 0.166 e. The maximum atomic E-state index is 15.0. The van der Waals surface area contributed by atoms with E-state index in [2.05, 4.69) is 11.0 Å². The van der Waals surface area contributed by atoms with Crippen LogP contribution >= 0.6 is 0 Å². The molecule has 4 unspecified atom stereocenters. The number of nitrogens with zero attached hydrogens (tertiary/aromatic N) is 1. The van der Waals surface area contributed by atoms with Gasteiger partial charge in [-0.1, -0.05) is 6.07 Å². The molecule has 140 valence electrons. The fourth-order valence-electron chi connectivity index (χ4n) is 6.57. The summed E-state index contributed by atoms with van der Waals surface area (Å²) >= 11 is 0. The maximum absolute atomic E-state index is 15.0. The number of methoxy groups -OCH3 is 1. The molecule has 3 aliphatic carbocycles. The van der Waals surface area contributed by atoms with Gasteiger partial charge in [-0.2, -0.15) is 0 Å².